The summed E-state index contributed by atoms with van der Waals surface area (Å²) in [6, 6.07) is 20.5. The van der Waals surface area contributed by atoms with E-state index in [0.29, 0.717) is 40.4 Å². The van der Waals surface area contributed by atoms with Gasteiger partial charge < -0.3 is 20.7 Å². The molecule has 3 aromatic carbocycles. The molecule has 0 saturated carbocycles. The standard InChI is InChI=1S/C31H37N3O4/c1-3-4-5-6-7-8-9-10-29(35)32-25-15-11-23(12-16-25)30(36)33-26-17-13-24(14-18-26)31(37)34-27-19-21-28(38-2)22-20-27/h11-22H,3-10H2,1-2H3,(H,32,35)(H,33,36)(H,34,37). The largest absolute Gasteiger partial charge is 0.497 e. The van der Waals surface area contributed by atoms with Crippen LogP contribution in [0.15, 0.2) is 72.8 Å². The minimum Gasteiger partial charge on any atom is -0.497 e. The number of methoxy groups -OCH3 is 1. The molecule has 7 heteroatoms. The summed E-state index contributed by atoms with van der Waals surface area (Å²) in [5, 5.41) is 8.55. The van der Waals surface area contributed by atoms with E-state index in [1.54, 1.807) is 79.9 Å². The smallest absolute Gasteiger partial charge is 0.255 e. The van der Waals surface area contributed by atoms with Crippen molar-refractivity contribution in [2.75, 3.05) is 23.1 Å². The van der Waals surface area contributed by atoms with Crippen LogP contribution >= 0.6 is 0 Å². The predicted molar refractivity (Wildman–Crippen MR) is 153 cm³/mol. The molecule has 7 nitrogen and oxygen atoms in total. The van der Waals surface area contributed by atoms with Crippen LogP contribution in [-0.2, 0) is 4.79 Å². The summed E-state index contributed by atoms with van der Waals surface area (Å²) in [6.07, 6.45) is 8.68. The SMILES string of the molecule is CCCCCCCCCC(=O)Nc1ccc(C(=O)Nc2ccc(C(=O)Nc3ccc(OC)cc3)cc2)cc1. The highest BCUT2D eigenvalue weighted by molar-refractivity contribution is 6.06. The molecule has 0 bridgehead atoms. The van der Waals surface area contributed by atoms with Gasteiger partial charge in [-0.05, 0) is 79.2 Å². The van der Waals surface area contributed by atoms with Crippen LogP contribution in [0.4, 0.5) is 17.1 Å². The molecule has 0 aliphatic carbocycles. The number of benzene rings is 3. The fourth-order valence-electron chi connectivity index (χ4n) is 3.96. The first kappa shape index (κ1) is 28.4. The average molecular weight is 516 g/mol. The van der Waals surface area contributed by atoms with Crippen molar-refractivity contribution >= 4 is 34.8 Å². The van der Waals surface area contributed by atoms with E-state index >= 15 is 0 Å². The van der Waals surface area contributed by atoms with E-state index in [-0.39, 0.29) is 17.7 Å². The molecule has 3 N–H and O–H groups in total. The maximum atomic E-state index is 12.6. The number of carbonyl (C=O) groups excluding carboxylic acids is 3. The Morgan fingerprint density at radius 2 is 1.00 bits per heavy atom. The number of rotatable bonds is 14. The van der Waals surface area contributed by atoms with Gasteiger partial charge in [0.05, 0.1) is 7.11 Å². The molecule has 0 radical (unpaired) electrons. The Morgan fingerprint density at radius 3 is 1.47 bits per heavy atom. The number of carbonyl (C=O) groups is 3. The monoisotopic (exact) mass is 515 g/mol. The first-order valence-electron chi connectivity index (χ1n) is 13.2. The second kappa shape index (κ2) is 15.2. The average Bonchev–Trinajstić information content (AvgIpc) is 2.93. The van der Waals surface area contributed by atoms with Gasteiger partial charge >= 0.3 is 0 Å². The lowest BCUT2D eigenvalue weighted by atomic mass is 10.1. The van der Waals surface area contributed by atoms with Crippen molar-refractivity contribution in [2.45, 2.75) is 58.3 Å². The summed E-state index contributed by atoms with van der Waals surface area (Å²) in [5.74, 6) is 0.173. The Morgan fingerprint density at radius 1 is 0.579 bits per heavy atom. The van der Waals surface area contributed by atoms with Crippen LogP contribution in [0.5, 0.6) is 5.75 Å². The lowest BCUT2D eigenvalue weighted by Gasteiger charge is -2.09. The van der Waals surface area contributed by atoms with Crippen LogP contribution in [0.2, 0.25) is 0 Å². The summed E-state index contributed by atoms with van der Waals surface area (Å²) in [5.41, 5.74) is 2.84. The molecule has 0 saturated heterocycles. The molecule has 0 spiro atoms. The van der Waals surface area contributed by atoms with E-state index in [0.717, 1.165) is 12.8 Å². The number of hydrogen-bond acceptors (Lipinski definition) is 4. The summed E-state index contributed by atoms with van der Waals surface area (Å²) >= 11 is 0. The highest BCUT2D eigenvalue weighted by atomic mass is 16.5. The van der Waals surface area contributed by atoms with Gasteiger partial charge in [-0.3, -0.25) is 14.4 Å². The lowest BCUT2D eigenvalue weighted by molar-refractivity contribution is -0.116. The van der Waals surface area contributed by atoms with Crippen molar-refractivity contribution in [3.8, 4) is 5.75 Å². The van der Waals surface area contributed by atoms with Gasteiger partial charge in [0, 0.05) is 34.6 Å². The van der Waals surface area contributed by atoms with Crippen LogP contribution in [0, 0.1) is 0 Å². The molecule has 0 unspecified atom stereocenters. The third kappa shape index (κ3) is 9.39. The minimum absolute atomic E-state index is 0.00752. The van der Waals surface area contributed by atoms with Gasteiger partial charge in [-0.15, -0.1) is 0 Å². The van der Waals surface area contributed by atoms with Gasteiger partial charge in [0.15, 0.2) is 0 Å². The van der Waals surface area contributed by atoms with Crippen LogP contribution in [0.3, 0.4) is 0 Å². The molecular weight excluding hydrogens is 478 g/mol. The van der Waals surface area contributed by atoms with E-state index in [1.165, 1.54) is 32.1 Å². The van der Waals surface area contributed by atoms with E-state index in [9.17, 15) is 14.4 Å². The Balaban J connectivity index is 1.43. The minimum atomic E-state index is -0.276. The van der Waals surface area contributed by atoms with E-state index in [2.05, 4.69) is 22.9 Å². The summed E-state index contributed by atoms with van der Waals surface area (Å²) in [6.45, 7) is 2.21. The Hall–Kier alpha value is -4.13. The Labute approximate surface area is 225 Å². The fourth-order valence-corrected chi connectivity index (χ4v) is 3.96. The van der Waals surface area contributed by atoms with Gasteiger partial charge in [0.1, 0.15) is 5.75 Å². The number of amides is 3. The van der Waals surface area contributed by atoms with Crippen molar-refractivity contribution in [3.05, 3.63) is 83.9 Å². The van der Waals surface area contributed by atoms with Gasteiger partial charge in [-0.2, -0.15) is 0 Å². The number of anilines is 3. The molecule has 0 fully saturated rings. The zero-order chi connectivity index (χ0) is 27.2. The molecule has 3 rings (SSSR count). The molecule has 3 amide bonds. The van der Waals surface area contributed by atoms with Crippen molar-refractivity contribution in [1.29, 1.82) is 0 Å². The third-order valence-electron chi connectivity index (χ3n) is 6.19. The maximum absolute atomic E-state index is 12.6. The van der Waals surface area contributed by atoms with E-state index in [4.69, 9.17) is 4.74 Å². The maximum Gasteiger partial charge on any atom is 0.255 e. The van der Waals surface area contributed by atoms with Crippen molar-refractivity contribution in [3.63, 3.8) is 0 Å². The molecule has 200 valence electrons. The molecular formula is C31H37N3O4. The zero-order valence-corrected chi connectivity index (χ0v) is 22.2. The quantitative estimate of drug-likeness (QED) is 0.197. The van der Waals surface area contributed by atoms with Crippen LogP contribution < -0.4 is 20.7 Å². The summed E-state index contributed by atoms with van der Waals surface area (Å²) < 4.78 is 5.12. The van der Waals surface area contributed by atoms with Crippen molar-refractivity contribution in [2.24, 2.45) is 0 Å². The molecule has 38 heavy (non-hydrogen) atoms. The topological polar surface area (TPSA) is 96.5 Å². The molecule has 0 aliphatic heterocycles. The third-order valence-corrected chi connectivity index (χ3v) is 6.19. The molecule has 0 aliphatic rings. The van der Waals surface area contributed by atoms with Crippen molar-refractivity contribution in [1.82, 2.24) is 0 Å². The molecule has 0 heterocycles. The number of hydrogen-bond donors (Lipinski definition) is 3. The van der Waals surface area contributed by atoms with Gasteiger partial charge in [0.25, 0.3) is 11.8 Å². The first-order chi connectivity index (χ1) is 18.5. The van der Waals surface area contributed by atoms with Crippen LogP contribution in [-0.4, -0.2) is 24.8 Å². The highest BCUT2D eigenvalue weighted by Gasteiger charge is 2.10. The lowest BCUT2D eigenvalue weighted by Crippen LogP contribution is -2.14. The second-order valence-corrected chi connectivity index (χ2v) is 9.21. The molecule has 0 aromatic heterocycles. The van der Waals surface area contributed by atoms with E-state index in [1.807, 2.05) is 0 Å². The van der Waals surface area contributed by atoms with Gasteiger partial charge in [-0.1, -0.05) is 45.4 Å². The Kier molecular flexibility index (Phi) is 11.4. The second-order valence-electron chi connectivity index (χ2n) is 9.21. The fraction of sp³-hybridized carbons (Fsp3) is 0.323. The number of nitrogens with one attached hydrogen (secondary N) is 3. The molecule has 0 atom stereocenters. The van der Waals surface area contributed by atoms with Gasteiger partial charge in [0.2, 0.25) is 5.91 Å². The number of unbranched alkanes of at least 4 members (excludes halogenated alkanes) is 6. The van der Waals surface area contributed by atoms with Crippen LogP contribution in [0.1, 0.15) is 79.0 Å². The highest BCUT2D eigenvalue weighted by Crippen LogP contribution is 2.18. The summed E-state index contributed by atoms with van der Waals surface area (Å²) in [4.78, 5) is 37.3. The Bertz CT molecular complexity index is 1170. The van der Waals surface area contributed by atoms with Crippen molar-refractivity contribution < 1.29 is 19.1 Å². The predicted octanol–water partition coefficient (Wildman–Crippen LogP) is 7.28. The zero-order valence-electron chi connectivity index (χ0n) is 22.2. The van der Waals surface area contributed by atoms with Gasteiger partial charge in [-0.25, -0.2) is 0 Å². The van der Waals surface area contributed by atoms with E-state index < -0.39 is 0 Å². The normalized spacial score (nSPS) is 10.5. The van der Waals surface area contributed by atoms with Crippen LogP contribution in [0.25, 0.3) is 0 Å². The molecule has 3 aromatic rings. The summed E-state index contributed by atoms with van der Waals surface area (Å²) in [7, 11) is 1.58. The number of ether oxygens (including phenoxy) is 1. The first-order valence-corrected chi connectivity index (χ1v) is 13.2.